The molecule has 0 bridgehead atoms. The molecule has 1 saturated heterocycles. The molecule has 140 valence electrons. The zero-order chi connectivity index (χ0) is 18.7. The van der Waals surface area contributed by atoms with Gasteiger partial charge in [-0.15, -0.1) is 0 Å². The standard InChI is InChI=1S/C11H20NO11P/c1-4(10(16)17)21-9-7(12-5(2)14)11(23-24(18,19)20)22-6(3-13)8(9)15/h4,6-9,11,13,15H,3H2,1-2H3,(H,12,14)(H,16,17)(H2,18,19,20)/t4-,6-,7-,8-,9-,11-/m1/s1. The molecule has 6 atom stereocenters. The second-order valence-corrected chi connectivity index (χ2v) is 6.31. The molecule has 0 aromatic carbocycles. The number of aliphatic carboxylic acids is 1. The summed E-state index contributed by atoms with van der Waals surface area (Å²) in [6.07, 6.45) is -7.65. The largest absolute Gasteiger partial charge is 0.479 e. The van der Waals surface area contributed by atoms with Gasteiger partial charge in [0.05, 0.1) is 6.61 Å². The number of carbonyl (C=O) groups excluding carboxylic acids is 1. The smallest absolute Gasteiger partial charge is 0.472 e. The molecule has 12 nitrogen and oxygen atoms in total. The molecule has 13 heteroatoms. The Morgan fingerprint density at radius 3 is 2.38 bits per heavy atom. The van der Waals surface area contributed by atoms with Crippen molar-refractivity contribution < 1.29 is 53.3 Å². The Morgan fingerprint density at radius 1 is 1.38 bits per heavy atom. The Bertz CT molecular complexity index is 508. The first-order valence-corrected chi connectivity index (χ1v) is 8.33. The molecule has 1 rings (SSSR count). The Hall–Kier alpha value is -1.11. The van der Waals surface area contributed by atoms with E-state index in [4.69, 9.17) is 24.4 Å². The van der Waals surface area contributed by atoms with Crippen molar-refractivity contribution in [3.8, 4) is 0 Å². The van der Waals surface area contributed by atoms with E-state index in [0.29, 0.717) is 0 Å². The summed E-state index contributed by atoms with van der Waals surface area (Å²) < 4.78 is 25.7. The van der Waals surface area contributed by atoms with Gasteiger partial charge in [0.1, 0.15) is 24.4 Å². The fourth-order valence-electron chi connectivity index (χ4n) is 2.14. The average molecular weight is 373 g/mol. The minimum Gasteiger partial charge on any atom is -0.479 e. The van der Waals surface area contributed by atoms with Gasteiger partial charge in [-0.25, -0.2) is 9.36 Å². The van der Waals surface area contributed by atoms with Gasteiger partial charge in [-0.3, -0.25) is 9.32 Å². The van der Waals surface area contributed by atoms with Gasteiger partial charge in [-0.05, 0) is 6.92 Å². The molecule has 0 aromatic heterocycles. The summed E-state index contributed by atoms with van der Waals surface area (Å²) in [5.74, 6) is -2.04. The summed E-state index contributed by atoms with van der Waals surface area (Å²) in [6.45, 7) is 1.47. The lowest BCUT2D eigenvalue weighted by Gasteiger charge is -2.44. The third-order valence-corrected chi connectivity index (χ3v) is 3.66. The second-order valence-electron chi connectivity index (χ2n) is 5.12. The van der Waals surface area contributed by atoms with Gasteiger partial charge in [-0.2, -0.15) is 0 Å². The molecule has 1 fully saturated rings. The van der Waals surface area contributed by atoms with Crippen LogP contribution in [0.3, 0.4) is 0 Å². The van der Waals surface area contributed by atoms with Crippen LogP contribution in [0.1, 0.15) is 13.8 Å². The lowest BCUT2D eigenvalue weighted by molar-refractivity contribution is -0.262. The minimum absolute atomic E-state index is 0.672. The van der Waals surface area contributed by atoms with Crippen LogP contribution in [-0.4, -0.2) is 80.3 Å². The fraction of sp³-hybridized carbons (Fsp3) is 0.818. The van der Waals surface area contributed by atoms with Crippen LogP contribution < -0.4 is 5.32 Å². The number of carbonyl (C=O) groups is 2. The number of carboxylic acids is 1. The Morgan fingerprint density at radius 2 is 1.96 bits per heavy atom. The maximum Gasteiger partial charge on any atom is 0.472 e. The molecule has 0 spiro atoms. The van der Waals surface area contributed by atoms with E-state index in [-0.39, 0.29) is 0 Å². The quantitative estimate of drug-likeness (QED) is 0.259. The number of phosphoric acid groups is 1. The molecule has 0 radical (unpaired) electrons. The molecular weight excluding hydrogens is 353 g/mol. The molecule has 0 unspecified atom stereocenters. The van der Waals surface area contributed by atoms with Crippen LogP contribution in [0.5, 0.6) is 0 Å². The van der Waals surface area contributed by atoms with Crippen LogP contribution in [-0.2, 0) is 28.2 Å². The predicted molar refractivity (Wildman–Crippen MR) is 74.5 cm³/mol. The lowest BCUT2D eigenvalue weighted by Crippen LogP contribution is -2.65. The number of nitrogens with one attached hydrogen (secondary N) is 1. The summed E-state index contributed by atoms with van der Waals surface area (Å²) in [7, 11) is -5.06. The first-order chi connectivity index (χ1) is 11.0. The van der Waals surface area contributed by atoms with E-state index >= 15 is 0 Å². The van der Waals surface area contributed by atoms with Crippen molar-refractivity contribution in [1.29, 1.82) is 0 Å². The van der Waals surface area contributed by atoms with Crippen LogP contribution >= 0.6 is 7.82 Å². The number of rotatable bonds is 7. The molecule has 0 saturated carbocycles. The van der Waals surface area contributed by atoms with Gasteiger partial charge in [0.2, 0.25) is 5.91 Å². The third-order valence-electron chi connectivity index (χ3n) is 3.17. The van der Waals surface area contributed by atoms with E-state index in [1.807, 2.05) is 0 Å². The van der Waals surface area contributed by atoms with Gasteiger partial charge in [0.25, 0.3) is 0 Å². The highest BCUT2D eigenvalue weighted by molar-refractivity contribution is 7.46. The van der Waals surface area contributed by atoms with Crippen molar-refractivity contribution >= 4 is 19.7 Å². The third kappa shape index (κ3) is 5.76. The monoisotopic (exact) mass is 373 g/mol. The second kappa shape index (κ2) is 8.32. The maximum atomic E-state index is 11.3. The van der Waals surface area contributed by atoms with E-state index in [1.165, 1.54) is 0 Å². The highest BCUT2D eigenvalue weighted by Crippen LogP contribution is 2.41. The van der Waals surface area contributed by atoms with Crippen molar-refractivity contribution in [3.05, 3.63) is 0 Å². The van der Waals surface area contributed by atoms with Crippen LogP contribution in [0.25, 0.3) is 0 Å². The number of hydrogen-bond donors (Lipinski definition) is 6. The summed E-state index contributed by atoms with van der Waals surface area (Å²) in [5, 5.41) is 30.5. The summed E-state index contributed by atoms with van der Waals surface area (Å²) in [4.78, 5) is 40.1. The number of carboxylic acid groups (broad SMARTS) is 1. The van der Waals surface area contributed by atoms with Crippen LogP contribution in [0.2, 0.25) is 0 Å². The molecular formula is C11H20NO11P. The average Bonchev–Trinajstić information content (AvgIpc) is 2.43. The molecule has 1 aliphatic rings. The molecule has 24 heavy (non-hydrogen) atoms. The van der Waals surface area contributed by atoms with Gasteiger partial charge < -0.3 is 39.9 Å². The van der Waals surface area contributed by atoms with E-state index < -0.39 is 63.1 Å². The topological polar surface area (TPSA) is 192 Å². The molecule has 1 aliphatic heterocycles. The number of aliphatic hydroxyl groups is 2. The predicted octanol–water partition coefficient (Wildman–Crippen LogP) is -2.46. The number of phosphoric ester groups is 1. The summed E-state index contributed by atoms with van der Waals surface area (Å²) in [5.41, 5.74) is 0. The summed E-state index contributed by atoms with van der Waals surface area (Å²) >= 11 is 0. The van der Waals surface area contributed by atoms with Crippen LogP contribution in [0.4, 0.5) is 0 Å². The minimum atomic E-state index is -5.06. The Kier molecular flexibility index (Phi) is 7.25. The highest BCUT2D eigenvalue weighted by Gasteiger charge is 2.49. The first-order valence-electron chi connectivity index (χ1n) is 6.80. The van der Waals surface area contributed by atoms with E-state index in [1.54, 1.807) is 0 Å². The number of aliphatic hydroxyl groups excluding tert-OH is 2. The lowest BCUT2D eigenvalue weighted by atomic mass is 9.96. The maximum absolute atomic E-state index is 11.3. The Balaban J connectivity index is 3.15. The van der Waals surface area contributed by atoms with E-state index in [9.17, 15) is 24.4 Å². The van der Waals surface area contributed by atoms with Gasteiger partial charge >= 0.3 is 13.8 Å². The van der Waals surface area contributed by atoms with Crippen molar-refractivity contribution in [2.75, 3.05) is 6.61 Å². The van der Waals surface area contributed by atoms with Gasteiger partial charge in [0.15, 0.2) is 12.4 Å². The summed E-state index contributed by atoms with van der Waals surface area (Å²) in [6, 6.07) is -1.44. The first kappa shape index (κ1) is 20.9. The molecule has 6 N–H and O–H groups in total. The van der Waals surface area contributed by atoms with Crippen LogP contribution in [0, 0.1) is 0 Å². The van der Waals surface area contributed by atoms with Crippen molar-refractivity contribution in [2.45, 2.75) is 50.6 Å². The van der Waals surface area contributed by atoms with Crippen molar-refractivity contribution in [3.63, 3.8) is 0 Å². The van der Waals surface area contributed by atoms with E-state index in [2.05, 4.69) is 9.84 Å². The highest BCUT2D eigenvalue weighted by atomic mass is 31.2. The molecule has 0 aliphatic carbocycles. The van der Waals surface area contributed by atoms with Crippen molar-refractivity contribution in [2.24, 2.45) is 0 Å². The zero-order valence-electron chi connectivity index (χ0n) is 12.8. The number of amides is 1. The van der Waals surface area contributed by atoms with E-state index in [0.717, 1.165) is 13.8 Å². The SMILES string of the molecule is CC(=O)N[C@H]1[C@@H](OP(=O)(O)O)O[C@H](CO)[C@@H](O)[C@@H]1O[C@H](C)C(=O)O. The molecule has 1 amide bonds. The fourth-order valence-corrected chi connectivity index (χ4v) is 2.59. The Labute approximate surface area is 136 Å². The zero-order valence-corrected chi connectivity index (χ0v) is 13.7. The van der Waals surface area contributed by atoms with Crippen LogP contribution in [0.15, 0.2) is 0 Å². The van der Waals surface area contributed by atoms with Gasteiger partial charge in [-0.1, -0.05) is 0 Å². The van der Waals surface area contributed by atoms with Crippen molar-refractivity contribution in [1.82, 2.24) is 5.32 Å². The van der Waals surface area contributed by atoms with Gasteiger partial charge in [0, 0.05) is 6.92 Å². The number of ether oxygens (including phenoxy) is 2. The molecule has 0 aromatic rings. The molecule has 1 heterocycles. The number of hydrogen-bond acceptors (Lipinski definition) is 8. The normalized spacial score (nSPS) is 32.2.